The summed E-state index contributed by atoms with van der Waals surface area (Å²) in [7, 11) is 0. The number of amides is 2. The average molecular weight is 441 g/mol. The standard InChI is InChI=1S/C25H32N2O5/c1-25(2,3)32-24(29)27-13-5-12-26(14-15-27)23(28)22-11-10-21(31-22)17-30-20-9-8-18-6-4-7-19(18)16-20/h8-11,16H,4-7,12-15,17H2,1-3H3. The highest BCUT2D eigenvalue weighted by molar-refractivity contribution is 5.91. The van der Waals surface area contributed by atoms with Crippen LogP contribution in [0.4, 0.5) is 4.79 Å². The smallest absolute Gasteiger partial charge is 0.410 e. The number of rotatable bonds is 4. The number of ether oxygens (including phenoxy) is 2. The van der Waals surface area contributed by atoms with Gasteiger partial charge in [0.25, 0.3) is 5.91 Å². The third-order valence-electron chi connectivity index (χ3n) is 5.76. The number of nitrogens with zero attached hydrogens (tertiary/aromatic N) is 2. The van der Waals surface area contributed by atoms with Gasteiger partial charge in [0.2, 0.25) is 0 Å². The summed E-state index contributed by atoms with van der Waals surface area (Å²) in [6.45, 7) is 7.84. The number of carbonyl (C=O) groups is 2. The number of hydrogen-bond donors (Lipinski definition) is 0. The third-order valence-corrected chi connectivity index (χ3v) is 5.76. The van der Waals surface area contributed by atoms with Gasteiger partial charge >= 0.3 is 6.09 Å². The summed E-state index contributed by atoms with van der Waals surface area (Å²) in [5, 5.41) is 0. The molecule has 0 radical (unpaired) electrons. The highest BCUT2D eigenvalue weighted by Crippen LogP contribution is 2.26. The van der Waals surface area contributed by atoms with Gasteiger partial charge in [-0.15, -0.1) is 0 Å². The molecule has 7 nitrogen and oxygen atoms in total. The number of furan rings is 1. The van der Waals surface area contributed by atoms with E-state index in [1.807, 2.05) is 26.8 Å². The van der Waals surface area contributed by atoms with E-state index < -0.39 is 5.60 Å². The lowest BCUT2D eigenvalue weighted by molar-refractivity contribution is 0.0255. The Kier molecular flexibility index (Phi) is 6.44. The Balaban J connectivity index is 1.31. The van der Waals surface area contributed by atoms with Crippen molar-refractivity contribution in [1.82, 2.24) is 9.80 Å². The van der Waals surface area contributed by atoms with Gasteiger partial charge < -0.3 is 23.7 Å². The van der Waals surface area contributed by atoms with Gasteiger partial charge in [0.1, 0.15) is 23.7 Å². The molecule has 0 bridgehead atoms. The molecule has 0 spiro atoms. The molecule has 1 aliphatic heterocycles. The van der Waals surface area contributed by atoms with E-state index in [1.54, 1.807) is 21.9 Å². The molecule has 4 rings (SSSR count). The van der Waals surface area contributed by atoms with Gasteiger partial charge in [-0.05, 0) is 81.8 Å². The zero-order valence-corrected chi connectivity index (χ0v) is 19.2. The van der Waals surface area contributed by atoms with E-state index in [1.165, 1.54) is 17.5 Å². The van der Waals surface area contributed by atoms with Gasteiger partial charge in [0.05, 0.1) is 0 Å². The topological polar surface area (TPSA) is 72.2 Å². The Morgan fingerprint density at radius 1 is 0.938 bits per heavy atom. The zero-order chi connectivity index (χ0) is 22.7. The SMILES string of the molecule is CC(C)(C)OC(=O)N1CCCN(C(=O)c2ccc(COc3ccc4c(c3)CCC4)o2)CC1. The zero-order valence-electron chi connectivity index (χ0n) is 19.2. The van der Waals surface area contributed by atoms with Crippen LogP contribution in [0.2, 0.25) is 0 Å². The monoisotopic (exact) mass is 440 g/mol. The molecular weight excluding hydrogens is 408 g/mol. The molecule has 1 fully saturated rings. The number of fused-ring (bicyclic) bond motifs is 1. The lowest BCUT2D eigenvalue weighted by atomic mass is 10.1. The van der Waals surface area contributed by atoms with Gasteiger partial charge in [-0.2, -0.15) is 0 Å². The van der Waals surface area contributed by atoms with E-state index in [-0.39, 0.29) is 18.6 Å². The van der Waals surface area contributed by atoms with Crippen molar-refractivity contribution in [3.63, 3.8) is 0 Å². The molecule has 0 atom stereocenters. The minimum atomic E-state index is -0.536. The van der Waals surface area contributed by atoms with Gasteiger partial charge in [0, 0.05) is 26.2 Å². The van der Waals surface area contributed by atoms with Gasteiger partial charge in [0.15, 0.2) is 5.76 Å². The molecule has 1 aliphatic carbocycles. The second-order valence-corrected chi connectivity index (χ2v) is 9.45. The molecule has 1 aromatic heterocycles. The summed E-state index contributed by atoms with van der Waals surface area (Å²) in [5.41, 5.74) is 2.23. The predicted octanol–water partition coefficient (Wildman–Crippen LogP) is 4.43. The number of aryl methyl sites for hydroxylation is 2. The third kappa shape index (κ3) is 5.44. The first-order valence-electron chi connectivity index (χ1n) is 11.4. The first-order valence-corrected chi connectivity index (χ1v) is 11.4. The summed E-state index contributed by atoms with van der Waals surface area (Å²) < 4.78 is 17.1. The van der Waals surface area contributed by atoms with Crippen molar-refractivity contribution in [2.45, 2.75) is 58.7 Å². The van der Waals surface area contributed by atoms with Gasteiger partial charge in [-0.3, -0.25) is 4.79 Å². The molecule has 2 heterocycles. The van der Waals surface area contributed by atoms with Crippen molar-refractivity contribution in [3.8, 4) is 5.75 Å². The van der Waals surface area contributed by atoms with Crippen molar-refractivity contribution in [3.05, 3.63) is 53.0 Å². The lowest BCUT2D eigenvalue weighted by Crippen LogP contribution is -2.40. The van der Waals surface area contributed by atoms with E-state index in [0.29, 0.717) is 44.1 Å². The summed E-state index contributed by atoms with van der Waals surface area (Å²) in [5.74, 6) is 1.56. The summed E-state index contributed by atoms with van der Waals surface area (Å²) in [6, 6.07) is 9.71. The maximum Gasteiger partial charge on any atom is 0.410 e. The minimum absolute atomic E-state index is 0.167. The lowest BCUT2D eigenvalue weighted by Gasteiger charge is -2.26. The maximum atomic E-state index is 12.9. The van der Waals surface area contributed by atoms with Crippen LogP contribution in [0.15, 0.2) is 34.7 Å². The number of carbonyl (C=O) groups excluding carboxylic acids is 2. The van der Waals surface area contributed by atoms with Gasteiger partial charge in [-0.1, -0.05) is 6.07 Å². The van der Waals surface area contributed by atoms with Crippen molar-refractivity contribution < 1.29 is 23.5 Å². The highest BCUT2D eigenvalue weighted by atomic mass is 16.6. The van der Waals surface area contributed by atoms with Crippen molar-refractivity contribution in [2.24, 2.45) is 0 Å². The molecule has 0 unspecified atom stereocenters. The van der Waals surface area contributed by atoms with Crippen molar-refractivity contribution in [2.75, 3.05) is 26.2 Å². The number of hydrogen-bond acceptors (Lipinski definition) is 5. The Hall–Kier alpha value is -2.96. The van der Waals surface area contributed by atoms with Crippen molar-refractivity contribution in [1.29, 1.82) is 0 Å². The predicted molar refractivity (Wildman–Crippen MR) is 120 cm³/mol. The first-order chi connectivity index (χ1) is 15.3. The molecule has 0 saturated carbocycles. The summed E-state index contributed by atoms with van der Waals surface area (Å²) >= 11 is 0. The Labute approximate surface area is 189 Å². The average Bonchev–Trinajstić information content (AvgIpc) is 3.33. The molecule has 172 valence electrons. The molecule has 7 heteroatoms. The second-order valence-electron chi connectivity index (χ2n) is 9.45. The van der Waals surface area contributed by atoms with Crippen LogP contribution >= 0.6 is 0 Å². The van der Waals surface area contributed by atoms with Crippen LogP contribution in [-0.2, 0) is 24.2 Å². The van der Waals surface area contributed by atoms with Crippen LogP contribution < -0.4 is 4.74 Å². The van der Waals surface area contributed by atoms with Gasteiger partial charge in [-0.25, -0.2) is 4.79 Å². The van der Waals surface area contributed by atoms with Crippen LogP contribution in [-0.4, -0.2) is 53.6 Å². The molecule has 1 aromatic carbocycles. The summed E-state index contributed by atoms with van der Waals surface area (Å²) in [6.07, 6.45) is 3.81. The van der Waals surface area contributed by atoms with Crippen LogP contribution in [0.3, 0.4) is 0 Å². The Morgan fingerprint density at radius 2 is 1.69 bits per heavy atom. The largest absolute Gasteiger partial charge is 0.486 e. The van der Waals surface area contributed by atoms with E-state index in [0.717, 1.165) is 18.6 Å². The highest BCUT2D eigenvalue weighted by Gasteiger charge is 2.27. The Bertz CT molecular complexity index is 975. The molecular formula is C25H32N2O5. The van der Waals surface area contributed by atoms with Crippen LogP contribution in [0.1, 0.15) is 61.1 Å². The summed E-state index contributed by atoms with van der Waals surface area (Å²) in [4.78, 5) is 28.7. The molecule has 32 heavy (non-hydrogen) atoms. The van der Waals surface area contributed by atoms with Crippen molar-refractivity contribution >= 4 is 12.0 Å². The van der Waals surface area contributed by atoms with Crippen LogP contribution in [0.25, 0.3) is 0 Å². The molecule has 0 N–H and O–H groups in total. The van der Waals surface area contributed by atoms with E-state index >= 15 is 0 Å². The van der Waals surface area contributed by atoms with E-state index in [9.17, 15) is 9.59 Å². The molecule has 2 aliphatic rings. The molecule has 1 saturated heterocycles. The quantitative estimate of drug-likeness (QED) is 0.703. The first kappa shape index (κ1) is 22.2. The van der Waals surface area contributed by atoms with Crippen LogP contribution in [0.5, 0.6) is 5.75 Å². The minimum Gasteiger partial charge on any atom is -0.486 e. The molecule has 2 aromatic rings. The van der Waals surface area contributed by atoms with E-state index in [4.69, 9.17) is 13.9 Å². The van der Waals surface area contributed by atoms with E-state index in [2.05, 4.69) is 12.1 Å². The van der Waals surface area contributed by atoms with Crippen LogP contribution in [0, 0.1) is 0 Å². The normalized spacial score (nSPS) is 16.5. The molecule has 2 amide bonds. The maximum absolute atomic E-state index is 12.9. The fourth-order valence-corrected chi connectivity index (χ4v) is 4.15. The number of benzene rings is 1. The Morgan fingerprint density at radius 3 is 2.50 bits per heavy atom. The fraction of sp³-hybridized carbons (Fsp3) is 0.520. The second kappa shape index (κ2) is 9.27. The fourth-order valence-electron chi connectivity index (χ4n) is 4.15.